The number of nitrogens with zero attached hydrogens (tertiary/aromatic N) is 1. The summed E-state index contributed by atoms with van der Waals surface area (Å²) in [7, 11) is 0. The van der Waals surface area contributed by atoms with Gasteiger partial charge in [0.05, 0.1) is 0 Å². The number of benzene rings is 1. The number of amides is 1. The highest BCUT2D eigenvalue weighted by Crippen LogP contribution is 2.22. The topological polar surface area (TPSA) is 66.6 Å². The minimum Gasteiger partial charge on any atom is -0.383 e. The molecule has 1 saturated heterocycles. The van der Waals surface area contributed by atoms with Crippen molar-refractivity contribution in [3.05, 3.63) is 35.4 Å². The number of nitrogens with two attached hydrogens (primary N) is 1. The maximum Gasteiger partial charge on any atom is 0.246 e. The van der Waals surface area contributed by atoms with Crippen molar-refractivity contribution < 1.29 is 18.7 Å². The molecule has 1 aliphatic heterocycles. The molecule has 20 heavy (non-hydrogen) atoms. The van der Waals surface area contributed by atoms with Gasteiger partial charge in [0.2, 0.25) is 5.91 Å². The number of aliphatic hydroxyl groups is 1. The Kier molecular flexibility index (Phi) is 4.67. The van der Waals surface area contributed by atoms with Crippen molar-refractivity contribution in [1.82, 2.24) is 4.90 Å². The molecule has 0 saturated carbocycles. The van der Waals surface area contributed by atoms with Crippen LogP contribution in [-0.2, 0) is 11.3 Å². The van der Waals surface area contributed by atoms with Gasteiger partial charge in [-0.25, -0.2) is 8.78 Å². The van der Waals surface area contributed by atoms with E-state index in [9.17, 15) is 18.7 Å². The molecule has 6 heteroatoms. The average molecular weight is 284 g/mol. The number of likely N-dealkylation sites (tertiary alicyclic amines) is 1. The number of carbonyl (C=O) groups is 1. The molecule has 4 nitrogen and oxygen atoms in total. The number of piperidine rings is 1. The number of hydrogen-bond donors (Lipinski definition) is 2. The van der Waals surface area contributed by atoms with Crippen LogP contribution in [0.2, 0.25) is 0 Å². The molecule has 1 unspecified atom stereocenters. The molecular formula is C14H18F2N2O2. The Morgan fingerprint density at radius 3 is 2.35 bits per heavy atom. The van der Waals surface area contributed by atoms with E-state index in [2.05, 4.69) is 0 Å². The number of rotatable bonds is 4. The van der Waals surface area contributed by atoms with Crippen molar-refractivity contribution in [3.8, 4) is 0 Å². The van der Waals surface area contributed by atoms with Crippen molar-refractivity contribution >= 4 is 5.91 Å². The summed E-state index contributed by atoms with van der Waals surface area (Å²) < 4.78 is 26.2. The molecule has 1 atom stereocenters. The Morgan fingerprint density at radius 1 is 1.30 bits per heavy atom. The van der Waals surface area contributed by atoms with Crippen LogP contribution in [0.4, 0.5) is 8.78 Å². The molecule has 1 aromatic rings. The van der Waals surface area contributed by atoms with Crippen LogP contribution in [-0.4, -0.2) is 35.1 Å². The van der Waals surface area contributed by atoms with E-state index in [0.29, 0.717) is 38.0 Å². The summed E-state index contributed by atoms with van der Waals surface area (Å²) in [5, 5.41) is 9.61. The molecule has 0 aromatic heterocycles. The second-order valence-electron chi connectivity index (χ2n) is 5.24. The van der Waals surface area contributed by atoms with Crippen LogP contribution < -0.4 is 5.73 Å². The van der Waals surface area contributed by atoms with E-state index < -0.39 is 23.6 Å². The fourth-order valence-corrected chi connectivity index (χ4v) is 2.62. The lowest BCUT2D eigenvalue weighted by atomic mass is 9.90. The Hall–Kier alpha value is -1.53. The molecular weight excluding hydrogens is 266 g/mol. The third kappa shape index (κ3) is 3.74. The zero-order valence-electron chi connectivity index (χ0n) is 11.1. The third-order valence-corrected chi connectivity index (χ3v) is 3.70. The lowest BCUT2D eigenvalue weighted by Crippen LogP contribution is -2.42. The minimum absolute atomic E-state index is 0.131. The third-order valence-electron chi connectivity index (χ3n) is 3.70. The largest absolute Gasteiger partial charge is 0.383 e. The summed E-state index contributed by atoms with van der Waals surface area (Å²) in [4.78, 5) is 13.0. The molecule has 1 fully saturated rings. The monoisotopic (exact) mass is 284 g/mol. The zero-order chi connectivity index (χ0) is 14.7. The molecule has 0 aliphatic carbocycles. The highest BCUT2D eigenvalue weighted by atomic mass is 19.1. The highest BCUT2D eigenvalue weighted by molar-refractivity contribution is 5.78. The van der Waals surface area contributed by atoms with Crippen molar-refractivity contribution in [1.29, 1.82) is 0 Å². The van der Waals surface area contributed by atoms with E-state index >= 15 is 0 Å². The van der Waals surface area contributed by atoms with E-state index in [-0.39, 0.29) is 5.92 Å². The normalized spacial score (nSPS) is 18.9. The number of carbonyl (C=O) groups excluding carboxylic acids is 1. The second-order valence-corrected chi connectivity index (χ2v) is 5.24. The van der Waals surface area contributed by atoms with Gasteiger partial charge in [-0.3, -0.25) is 9.69 Å². The van der Waals surface area contributed by atoms with Gasteiger partial charge in [-0.15, -0.1) is 0 Å². The Bertz CT molecular complexity index is 468. The van der Waals surface area contributed by atoms with Crippen LogP contribution in [0.5, 0.6) is 0 Å². The Morgan fingerprint density at radius 2 is 1.85 bits per heavy atom. The fourth-order valence-electron chi connectivity index (χ4n) is 2.62. The Labute approximate surface area is 116 Å². The Balaban J connectivity index is 1.89. The van der Waals surface area contributed by atoms with Gasteiger partial charge in [-0.1, -0.05) is 0 Å². The van der Waals surface area contributed by atoms with Crippen LogP contribution in [0.25, 0.3) is 0 Å². The molecule has 1 heterocycles. The molecule has 0 bridgehead atoms. The first-order valence-electron chi connectivity index (χ1n) is 6.60. The predicted molar refractivity (Wildman–Crippen MR) is 69.6 cm³/mol. The quantitative estimate of drug-likeness (QED) is 0.867. The maximum atomic E-state index is 13.1. The van der Waals surface area contributed by atoms with E-state index in [4.69, 9.17) is 5.73 Å². The molecule has 0 spiro atoms. The molecule has 110 valence electrons. The first-order chi connectivity index (χ1) is 9.45. The van der Waals surface area contributed by atoms with Gasteiger partial charge in [0, 0.05) is 12.6 Å². The first-order valence-corrected chi connectivity index (χ1v) is 6.60. The minimum atomic E-state index is -1.11. The number of aliphatic hydroxyl groups excluding tert-OH is 1. The van der Waals surface area contributed by atoms with Crippen molar-refractivity contribution in [2.45, 2.75) is 25.5 Å². The van der Waals surface area contributed by atoms with E-state index in [1.165, 1.54) is 12.1 Å². The summed E-state index contributed by atoms with van der Waals surface area (Å²) in [6.07, 6.45) is 0.174. The smallest absolute Gasteiger partial charge is 0.246 e. The number of primary amides is 1. The van der Waals surface area contributed by atoms with Gasteiger partial charge in [0.1, 0.15) is 17.7 Å². The SMILES string of the molecule is NC(=O)C(O)C1CCN(Cc2cc(F)cc(F)c2)CC1. The van der Waals surface area contributed by atoms with Gasteiger partial charge in [-0.2, -0.15) is 0 Å². The molecule has 1 aromatic carbocycles. The lowest BCUT2D eigenvalue weighted by molar-refractivity contribution is -0.129. The summed E-state index contributed by atoms with van der Waals surface area (Å²) in [6.45, 7) is 1.77. The average Bonchev–Trinajstić information content (AvgIpc) is 2.37. The standard InChI is InChI=1S/C14H18F2N2O2/c15-11-5-9(6-12(16)7-11)8-18-3-1-10(2-4-18)13(19)14(17)20/h5-7,10,13,19H,1-4,8H2,(H2,17,20). The van der Waals surface area contributed by atoms with Crippen LogP contribution in [0.15, 0.2) is 18.2 Å². The zero-order valence-corrected chi connectivity index (χ0v) is 11.1. The van der Waals surface area contributed by atoms with Crippen molar-refractivity contribution in [3.63, 3.8) is 0 Å². The van der Waals surface area contributed by atoms with Gasteiger partial charge >= 0.3 is 0 Å². The molecule has 2 rings (SSSR count). The van der Waals surface area contributed by atoms with E-state index in [1.54, 1.807) is 0 Å². The maximum absolute atomic E-state index is 13.1. The number of halogens is 2. The van der Waals surface area contributed by atoms with Crippen LogP contribution in [0.1, 0.15) is 18.4 Å². The summed E-state index contributed by atoms with van der Waals surface area (Å²) in [5.41, 5.74) is 5.65. The summed E-state index contributed by atoms with van der Waals surface area (Å²) in [5.74, 6) is -2.00. The first kappa shape index (κ1) is 14.9. The van der Waals surface area contributed by atoms with Crippen molar-refractivity contribution in [2.24, 2.45) is 11.7 Å². The van der Waals surface area contributed by atoms with E-state index in [0.717, 1.165) is 6.07 Å². The van der Waals surface area contributed by atoms with Crippen LogP contribution in [0, 0.1) is 17.6 Å². The second kappa shape index (κ2) is 6.28. The molecule has 1 aliphatic rings. The van der Waals surface area contributed by atoms with Crippen molar-refractivity contribution in [2.75, 3.05) is 13.1 Å². The van der Waals surface area contributed by atoms with Crippen LogP contribution >= 0.6 is 0 Å². The summed E-state index contributed by atoms with van der Waals surface area (Å²) >= 11 is 0. The van der Waals surface area contributed by atoms with Crippen LogP contribution in [0.3, 0.4) is 0 Å². The fraction of sp³-hybridized carbons (Fsp3) is 0.500. The van der Waals surface area contributed by atoms with Gasteiger partial charge in [0.25, 0.3) is 0 Å². The molecule has 0 radical (unpaired) electrons. The van der Waals surface area contributed by atoms with Gasteiger partial charge < -0.3 is 10.8 Å². The van der Waals surface area contributed by atoms with E-state index in [1.807, 2.05) is 4.90 Å². The lowest BCUT2D eigenvalue weighted by Gasteiger charge is -2.33. The summed E-state index contributed by atoms with van der Waals surface area (Å²) in [6, 6.07) is 3.47. The number of hydrogen-bond acceptors (Lipinski definition) is 3. The van der Waals surface area contributed by atoms with Gasteiger partial charge in [0.15, 0.2) is 0 Å². The van der Waals surface area contributed by atoms with Gasteiger partial charge in [-0.05, 0) is 49.5 Å². The highest BCUT2D eigenvalue weighted by Gasteiger charge is 2.28. The molecule has 1 amide bonds. The predicted octanol–water partition coefficient (Wildman–Crippen LogP) is 1.02. The molecule has 3 N–H and O–H groups in total.